The first-order valence-electron chi connectivity index (χ1n) is 20.4. The van der Waals surface area contributed by atoms with E-state index in [0.717, 1.165) is 36.4 Å². The van der Waals surface area contributed by atoms with Crippen LogP contribution in [-0.2, 0) is 42.9 Å². The summed E-state index contributed by atoms with van der Waals surface area (Å²) >= 11 is 0. The number of aliphatic hydroxyl groups is 7. The number of fused-ring (bicyclic) bond motifs is 1. The summed E-state index contributed by atoms with van der Waals surface area (Å²) in [6.07, 6.45) is -30.6. The minimum absolute atomic E-state index is 0.0331. The zero-order chi connectivity index (χ0) is 51.0. The molecular formula is C43H42O27. The predicted octanol–water partition coefficient (Wildman–Crippen LogP) is -2.69. The van der Waals surface area contributed by atoms with Crippen LogP contribution in [-0.4, -0.2) is 189 Å². The summed E-state index contributed by atoms with van der Waals surface area (Å²) in [6, 6.07) is 9.89. The predicted molar refractivity (Wildman–Crippen MR) is 222 cm³/mol. The van der Waals surface area contributed by atoms with Gasteiger partial charge >= 0.3 is 23.9 Å². The summed E-state index contributed by atoms with van der Waals surface area (Å²) in [5, 5.41) is 134. The zero-order valence-electron chi connectivity index (χ0n) is 35.5. The van der Waals surface area contributed by atoms with Gasteiger partial charge in [-0.15, -0.1) is 0 Å². The monoisotopic (exact) mass is 990 g/mol. The van der Waals surface area contributed by atoms with Crippen molar-refractivity contribution in [1.29, 1.82) is 0 Å². The molecule has 0 aliphatic carbocycles. The lowest BCUT2D eigenvalue weighted by atomic mass is 9.96. The van der Waals surface area contributed by atoms with E-state index < -0.39 is 155 Å². The van der Waals surface area contributed by atoms with Crippen molar-refractivity contribution in [3.05, 3.63) is 76.5 Å². The maximum absolute atomic E-state index is 13.3. The Morgan fingerprint density at radius 1 is 0.586 bits per heavy atom. The fraction of sp³-hybridized carbons (Fsp3) is 0.372. The molecule has 27 heteroatoms. The Morgan fingerprint density at radius 3 is 1.80 bits per heavy atom. The molecule has 13 N–H and O–H groups in total. The first-order chi connectivity index (χ1) is 33.1. The molecule has 6 unspecified atom stereocenters. The highest BCUT2D eigenvalue weighted by Gasteiger charge is 2.55. The number of carbonyl (C=O) groups excluding carboxylic acids is 1. The number of aliphatic carboxylic acids is 3. The molecule has 0 saturated carbocycles. The van der Waals surface area contributed by atoms with E-state index in [-0.39, 0.29) is 22.8 Å². The van der Waals surface area contributed by atoms with Crippen molar-refractivity contribution >= 4 is 40.9 Å². The number of aromatic hydroxyl groups is 3. The number of ether oxygens (including phenoxy) is 8. The average molecular weight is 991 g/mol. The van der Waals surface area contributed by atoms with E-state index in [2.05, 4.69) is 0 Å². The van der Waals surface area contributed by atoms with Gasteiger partial charge in [0.05, 0.1) is 7.11 Å². The van der Waals surface area contributed by atoms with Crippen LogP contribution in [0.4, 0.5) is 0 Å². The number of rotatable bonds is 14. The molecule has 3 aliphatic heterocycles. The van der Waals surface area contributed by atoms with Crippen LogP contribution in [0, 0.1) is 0 Å². The number of phenolic OH excluding ortho intramolecular Hbond substituents is 3. The lowest BCUT2D eigenvalue weighted by molar-refractivity contribution is -0.350. The number of hydrogen-bond acceptors (Lipinski definition) is 24. The van der Waals surface area contributed by atoms with Gasteiger partial charge in [0.2, 0.25) is 12.6 Å². The molecule has 4 heterocycles. The molecule has 70 heavy (non-hydrogen) atoms. The van der Waals surface area contributed by atoms with Crippen LogP contribution in [0.1, 0.15) is 5.56 Å². The number of carbonyl (C=O) groups is 4. The average Bonchev–Trinajstić information content (AvgIpc) is 3.30. The maximum atomic E-state index is 13.3. The van der Waals surface area contributed by atoms with Crippen molar-refractivity contribution in [2.24, 2.45) is 0 Å². The second kappa shape index (κ2) is 20.4. The van der Waals surface area contributed by atoms with Gasteiger partial charge in [0, 0.05) is 29.8 Å². The largest absolute Gasteiger partial charge is 0.507 e. The Morgan fingerprint density at radius 2 is 1.19 bits per heavy atom. The topological polar surface area (TPSA) is 435 Å². The summed E-state index contributed by atoms with van der Waals surface area (Å²) in [7, 11) is 1.27. The van der Waals surface area contributed by atoms with E-state index in [0.29, 0.717) is 5.56 Å². The van der Waals surface area contributed by atoms with Crippen LogP contribution >= 0.6 is 0 Å². The SMILES string of the molecule is COc1cc(/C=C/C(=O)OC2[C@H](OC3[C@H](Oc4cc(O)c5c(=O)cc(-c6ccc(O[C@@H]7O[C@H](C(=O)O)[C@@H](O)C(O)C7O)c(O)c6)oc5c4)OC(C(=O)O)[C@@H](O)[C@@H]3O)OC(C(=O)O)[C@@H](O)[C@@H]2O)ccc1O. The lowest BCUT2D eigenvalue weighted by Crippen LogP contribution is -2.66. The number of esters is 1. The van der Waals surface area contributed by atoms with Gasteiger partial charge in [-0.1, -0.05) is 6.07 Å². The quantitative estimate of drug-likeness (QED) is 0.0452. The number of aliphatic hydroxyl groups excluding tert-OH is 7. The van der Waals surface area contributed by atoms with Gasteiger partial charge in [0.25, 0.3) is 0 Å². The summed E-state index contributed by atoms with van der Waals surface area (Å²) in [5.41, 5.74) is -1.08. The Kier molecular flexibility index (Phi) is 14.8. The third-order valence-electron chi connectivity index (χ3n) is 11.1. The van der Waals surface area contributed by atoms with Crippen LogP contribution in [0.3, 0.4) is 0 Å². The minimum atomic E-state index is -2.35. The van der Waals surface area contributed by atoms with Crippen molar-refractivity contribution in [1.82, 2.24) is 0 Å². The standard InChI is InChI=1S/C43H42O27/c1-62-22-8-13(2-5-16(22)44)3-7-24(48)66-36-30(53)28(51)35(40(60)61)69-43(36)70-37-31(54)29(52)34(39(58)59)68-42(37)63-15-10-18(46)25-19(47)12-21(64-23(25)11-15)14-4-6-20(17(45)9-14)65-41-32(55)26(49)27(50)33(67-41)38(56)57/h2-12,26-37,41-46,49-55H,1H3,(H,56,57)(H,58,59)(H,60,61)/b7-3+/t26?,27-,28-,29-,30-,31-,32?,33-,34?,35?,36?,37?,41+,42+,43-/m0/s1. The first kappa shape index (κ1) is 50.7. The summed E-state index contributed by atoms with van der Waals surface area (Å²) in [5.74, 6) is -9.63. The van der Waals surface area contributed by atoms with Gasteiger partial charge in [0.15, 0.2) is 65.2 Å². The van der Waals surface area contributed by atoms with Crippen LogP contribution in [0.15, 0.2) is 69.9 Å². The third-order valence-corrected chi connectivity index (χ3v) is 11.1. The molecule has 1 aromatic heterocycles. The fourth-order valence-corrected chi connectivity index (χ4v) is 7.48. The van der Waals surface area contributed by atoms with Crippen LogP contribution in [0.5, 0.6) is 34.5 Å². The van der Waals surface area contributed by atoms with E-state index >= 15 is 0 Å². The first-order valence-corrected chi connectivity index (χ1v) is 20.4. The molecule has 376 valence electrons. The smallest absolute Gasteiger partial charge is 0.335 e. The van der Waals surface area contributed by atoms with E-state index in [1.807, 2.05) is 0 Å². The molecule has 3 aliphatic rings. The Bertz CT molecular complexity index is 2720. The molecule has 4 aromatic rings. The second-order valence-electron chi connectivity index (χ2n) is 15.7. The number of carboxylic acid groups (broad SMARTS) is 3. The summed E-state index contributed by atoms with van der Waals surface area (Å²) in [4.78, 5) is 62.1. The van der Waals surface area contributed by atoms with Crippen molar-refractivity contribution < 1.29 is 128 Å². The molecule has 0 spiro atoms. The lowest BCUT2D eigenvalue weighted by Gasteiger charge is -2.45. The van der Waals surface area contributed by atoms with E-state index in [9.17, 15) is 90.4 Å². The molecule has 0 bridgehead atoms. The fourth-order valence-electron chi connectivity index (χ4n) is 7.48. The van der Waals surface area contributed by atoms with Gasteiger partial charge in [-0.25, -0.2) is 19.2 Å². The molecule has 3 saturated heterocycles. The van der Waals surface area contributed by atoms with Gasteiger partial charge in [-0.05, 0) is 42.0 Å². The number of methoxy groups -OCH3 is 1. The van der Waals surface area contributed by atoms with E-state index in [1.54, 1.807) is 0 Å². The van der Waals surface area contributed by atoms with Gasteiger partial charge < -0.3 is 109 Å². The van der Waals surface area contributed by atoms with Crippen molar-refractivity contribution in [2.45, 2.75) is 92.1 Å². The normalized spacial score (nSPS) is 31.2. The van der Waals surface area contributed by atoms with Crippen LogP contribution < -0.4 is 19.6 Å². The molecule has 3 fully saturated rings. The molecule has 7 rings (SSSR count). The molecule has 27 nitrogen and oxygen atoms in total. The Hall–Kier alpha value is -7.15. The number of carboxylic acids is 3. The highest BCUT2D eigenvalue weighted by atomic mass is 16.8. The molecule has 0 amide bonds. The number of benzene rings is 3. The molecular weight excluding hydrogens is 948 g/mol. The third kappa shape index (κ3) is 10.2. The molecule has 3 aromatic carbocycles. The summed E-state index contributed by atoms with van der Waals surface area (Å²) < 4.78 is 49.0. The van der Waals surface area contributed by atoms with Crippen LogP contribution in [0.25, 0.3) is 28.4 Å². The van der Waals surface area contributed by atoms with Gasteiger partial charge in [0.1, 0.15) is 71.0 Å². The molecule has 0 radical (unpaired) electrons. The van der Waals surface area contributed by atoms with E-state index in [1.165, 1.54) is 37.5 Å². The van der Waals surface area contributed by atoms with Gasteiger partial charge in [-0.3, -0.25) is 4.79 Å². The highest BCUT2D eigenvalue weighted by molar-refractivity contribution is 5.88. The second-order valence-corrected chi connectivity index (χ2v) is 15.7. The maximum Gasteiger partial charge on any atom is 0.335 e. The van der Waals surface area contributed by atoms with Crippen molar-refractivity contribution in [3.8, 4) is 45.8 Å². The zero-order valence-corrected chi connectivity index (χ0v) is 35.5. The number of phenols is 3. The minimum Gasteiger partial charge on any atom is -0.507 e. The Labute approximate surface area is 389 Å². The van der Waals surface area contributed by atoms with E-state index in [4.69, 9.17) is 42.3 Å². The summed E-state index contributed by atoms with van der Waals surface area (Å²) in [6.45, 7) is 0. The number of hydrogen-bond donors (Lipinski definition) is 13. The van der Waals surface area contributed by atoms with Crippen LogP contribution in [0.2, 0.25) is 0 Å². The van der Waals surface area contributed by atoms with Gasteiger partial charge in [-0.2, -0.15) is 0 Å². The van der Waals surface area contributed by atoms with Crippen molar-refractivity contribution in [2.75, 3.05) is 7.11 Å². The Balaban J connectivity index is 1.17. The highest BCUT2D eigenvalue weighted by Crippen LogP contribution is 2.38. The molecule has 15 atom stereocenters. The van der Waals surface area contributed by atoms with Crippen molar-refractivity contribution in [3.63, 3.8) is 0 Å².